The highest BCUT2D eigenvalue weighted by molar-refractivity contribution is 5.79. The maximum absolute atomic E-state index is 5.40. The van der Waals surface area contributed by atoms with Crippen molar-refractivity contribution >= 4 is 5.96 Å². The van der Waals surface area contributed by atoms with Gasteiger partial charge in [-0.25, -0.2) is 0 Å². The minimum Gasteiger partial charge on any atom is -0.493 e. The van der Waals surface area contributed by atoms with Crippen LogP contribution in [-0.4, -0.2) is 41.4 Å². The van der Waals surface area contributed by atoms with Crippen molar-refractivity contribution in [2.24, 2.45) is 4.99 Å². The summed E-state index contributed by atoms with van der Waals surface area (Å²) in [5.74, 6) is 2.59. The summed E-state index contributed by atoms with van der Waals surface area (Å²) in [6.07, 6.45) is 0. The molecule has 0 atom stereocenters. The molecule has 1 aromatic rings. The molecule has 0 bridgehead atoms. The lowest BCUT2D eigenvalue weighted by Gasteiger charge is -2.16. The Morgan fingerprint density at radius 1 is 1.11 bits per heavy atom. The van der Waals surface area contributed by atoms with Crippen LogP contribution in [0.15, 0.2) is 17.1 Å². The SMILES string of the molecule is CN=C(NC)NCc1ccc(OC)c(OC)c1OC. The van der Waals surface area contributed by atoms with Crippen molar-refractivity contribution in [2.75, 3.05) is 35.4 Å². The first-order valence-electron chi connectivity index (χ1n) is 5.88. The van der Waals surface area contributed by atoms with Crippen LogP contribution in [0, 0.1) is 0 Å². The normalized spacial score (nSPS) is 10.9. The van der Waals surface area contributed by atoms with Gasteiger partial charge in [-0.1, -0.05) is 0 Å². The summed E-state index contributed by atoms with van der Waals surface area (Å²) >= 11 is 0. The molecule has 0 spiro atoms. The van der Waals surface area contributed by atoms with Gasteiger partial charge in [-0.15, -0.1) is 0 Å². The fraction of sp³-hybridized carbons (Fsp3) is 0.462. The maximum atomic E-state index is 5.40. The Kier molecular flexibility index (Phi) is 5.78. The summed E-state index contributed by atoms with van der Waals surface area (Å²) in [5.41, 5.74) is 0.955. The van der Waals surface area contributed by atoms with E-state index in [9.17, 15) is 0 Å². The standard InChI is InChI=1S/C13H21N3O3/c1-14-13(15-2)16-8-9-6-7-10(17-3)12(19-5)11(9)18-4/h6-7H,8H2,1-5H3,(H2,14,15,16). The Morgan fingerprint density at radius 3 is 2.26 bits per heavy atom. The van der Waals surface area contributed by atoms with E-state index in [0.29, 0.717) is 29.8 Å². The van der Waals surface area contributed by atoms with Gasteiger partial charge in [0.1, 0.15) is 0 Å². The second-order valence-corrected chi connectivity index (χ2v) is 3.67. The van der Waals surface area contributed by atoms with Crippen molar-refractivity contribution in [2.45, 2.75) is 6.54 Å². The summed E-state index contributed by atoms with van der Waals surface area (Å²) in [6.45, 7) is 0.567. The van der Waals surface area contributed by atoms with Gasteiger partial charge in [-0.3, -0.25) is 4.99 Å². The minimum absolute atomic E-state index is 0.567. The zero-order valence-corrected chi connectivity index (χ0v) is 12.0. The van der Waals surface area contributed by atoms with Crippen molar-refractivity contribution in [1.82, 2.24) is 10.6 Å². The molecule has 0 aliphatic carbocycles. The van der Waals surface area contributed by atoms with Crippen molar-refractivity contribution in [3.63, 3.8) is 0 Å². The summed E-state index contributed by atoms with van der Waals surface area (Å²) in [6, 6.07) is 3.77. The fourth-order valence-electron chi connectivity index (χ4n) is 1.76. The average molecular weight is 267 g/mol. The Hall–Kier alpha value is -2.11. The molecule has 0 radical (unpaired) electrons. The predicted octanol–water partition coefficient (Wildman–Crippen LogP) is 1.01. The van der Waals surface area contributed by atoms with Gasteiger partial charge < -0.3 is 24.8 Å². The number of aliphatic imine (C=N–C) groups is 1. The third-order valence-corrected chi connectivity index (χ3v) is 2.69. The molecule has 2 N–H and O–H groups in total. The van der Waals surface area contributed by atoms with Crippen LogP contribution in [0.3, 0.4) is 0 Å². The third-order valence-electron chi connectivity index (χ3n) is 2.69. The summed E-state index contributed by atoms with van der Waals surface area (Å²) < 4.78 is 16.0. The van der Waals surface area contributed by atoms with E-state index in [4.69, 9.17) is 14.2 Å². The van der Waals surface area contributed by atoms with E-state index in [1.165, 1.54) is 0 Å². The third kappa shape index (κ3) is 3.43. The molecule has 1 rings (SSSR count). The molecule has 0 fully saturated rings. The summed E-state index contributed by atoms with van der Waals surface area (Å²) in [7, 11) is 8.31. The van der Waals surface area contributed by atoms with Crippen molar-refractivity contribution in [1.29, 1.82) is 0 Å². The molecule has 0 aromatic heterocycles. The number of rotatable bonds is 5. The zero-order valence-electron chi connectivity index (χ0n) is 12.0. The first-order chi connectivity index (χ1) is 9.21. The number of methoxy groups -OCH3 is 3. The molecule has 0 heterocycles. The Morgan fingerprint density at radius 2 is 1.79 bits per heavy atom. The van der Waals surface area contributed by atoms with Gasteiger partial charge in [0, 0.05) is 26.2 Å². The largest absolute Gasteiger partial charge is 0.493 e. The molecule has 0 aliphatic heterocycles. The van der Waals surface area contributed by atoms with E-state index in [0.717, 1.165) is 5.56 Å². The number of nitrogens with one attached hydrogen (secondary N) is 2. The first-order valence-corrected chi connectivity index (χ1v) is 5.88. The topological polar surface area (TPSA) is 64.1 Å². The lowest BCUT2D eigenvalue weighted by Crippen LogP contribution is -2.34. The monoisotopic (exact) mass is 267 g/mol. The van der Waals surface area contributed by atoms with Gasteiger partial charge >= 0.3 is 0 Å². The van der Waals surface area contributed by atoms with Crippen LogP contribution in [0.1, 0.15) is 5.56 Å². The van der Waals surface area contributed by atoms with E-state index < -0.39 is 0 Å². The molecule has 0 aliphatic rings. The lowest BCUT2D eigenvalue weighted by atomic mass is 10.1. The lowest BCUT2D eigenvalue weighted by molar-refractivity contribution is 0.322. The molecule has 6 heteroatoms. The fourth-order valence-corrected chi connectivity index (χ4v) is 1.76. The molecular weight excluding hydrogens is 246 g/mol. The van der Waals surface area contributed by atoms with E-state index in [1.54, 1.807) is 35.4 Å². The van der Waals surface area contributed by atoms with E-state index in [-0.39, 0.29) is 0 Å². The zero-order chi connectivity index (χ0) is 14.3. The van der Waals surface area contributed by atoms with Gasteiger partial charge in [0.25, 0.3) is 0 Å². The van der Waals surface area contributed by atoms with Gasteiger partial charge in [-0.2, -0.15) is 0 Å². The highest BCUT2D eigenvalue weighted by atomic mass is 16.5. The molecule has 19 heavy (non-hydrogen) atoms. The van der Waals surface area contributed by atoms with Gasteiger partial charge in [-0.05, 0) is 12.1 Å². The van der Waals surface area contributed by atoms with Crippen LogP contribution < -0.4 is 24.8 Å². The number of hydrogen-bond donors (Lipinski definition) is 2. The van der Waals surface area contributed by atoms with Crippen molar-refractivity contribution in [3.05, 3.63) is 17.7 Å². The Bertz CT molecular complexity index is 447. The van der Waals surface area contributed by atoms with E-state index in [2.05, 4.69) is 15.6 Å². The second-order valence-electron chi connectivity index (χ2n) is 3.67. The predicted molar refractivity (Wildman–Crippen MR) is 75.4 cm³/mol. The summed E-state index contributed by atoms with van der Waals surface area (Å²) in [4.78, 5) is 4.05. The first kappa shape index (κ1) is 14.9. The van der Waals surface area contributed by atoms with Crippen molar-refractivity contribution < 1.29 is 14.2 Å². The molecule has 0 amide bonds. The quantitative estimate of drug-likeness (QED) is 0.615. The number of ether oxygens (including phenoxy) is 3. The minimum atomic E-state index is 0.567. The van der Waals surface area contributed by atoms with Crippen LogP contribution in [0.5, 0.6) is 17.2 Å². The molecule has 6 nitrogen and oxygen atoms in total. The Labute approximate surface area is 113 Å². The number of benzene rings is 1. The van der Waals surface area contributed by atoms with E-state index in [1.807, 2.05) is 12.1 Å². The van der Waals surface area contributed by atoms with Gasteiger partial charge in [0.2, 0.25) is 5.75 Å². The highest BCUT2D eigenvalue weighted by Crippen LogP contribution is 2.39. The van der Waals surface area contributed by atoms with Crippen LogP contribution in [0.25, 0.3) is 0 Å². The molecule has 0 unspecified atom stereocenters. The highest BCUT2D eigenvalue weighted by Gasteiger charge is 2.15. The maximum Gasteiger partial charge on any atom is 0.203 e. The van der Waals surface area contributed by atoms with E-state index >= 15 is 0 Å². The van der Waals surface area contributed by atoms with Crippen LogP contribution in [0.2, 0.25) is 0 Å². The Balaban J connectivity index is 3.01. The molecular formula is C13H21N3O3. The number of guanidine groups is 1. The summed E-state index contributed by atoms with van der Waals surface area (Å²) in [5, 5.41) is 6.11. The van der Waals surface area contributed by atoms with Crippen molar-refractivity contribution in [3.8, 4) is 17.2 Å². The van der Waals surface area contributed by atoms with Crippen LogP contribution in [-0.2, 0) is 6.54 Å². The molecule has 0 saturated heterocycles. The number of hydrogen-bond acceptors (Lipinski definition) is 4. The van der Waals surface area contributed by atoms with Crippen LogP contribution in [0.4, 0.5) is 0 Å². The molecule has 106 valence electrons. The molecule has 0 saturated carbocycles. The average Bonchev–Trinajstić information content (AvgIpc) is 2.47. The molecule has 1 aromatic carbocycles. The van der Waals surface area contributed by atoms with Gasteiger partial charge in [0.05, 0.1) is 21.3 Å². The second kappa shape index (κ2) is 7.35. The smallest absolute Gasteiger partial charge is 0.203 e. The van der Waals surface area contributed by atoms with Gasteiger partial charge in [0.15, 0.2) is 17.5 Å². The number of nitrogens with zero attached hydrogens (tertiary/aromatic N) is 1. The van der Waals surface area contributed by atoms with Crippen LogP contribution >= 0.6 is 0 Å².